The molecule has 0 unspecified atom stereocenters. The van der Waals surface area contributed by atoms with E-state index in [1.807, 2.05) is 4.90 Å². The topological polar surface area (TPSA) is 49.2 Å². The van der Waals surface area contributed by atoms with Crippen LogP contribution in [0.1, 0.15) is 36.0 Å². The van der Waals surface area contributed by atoms with Gasteiger partial charge >= 0.3 is 0 Å². The quantitative estimate of drug-likeness (QED) is 0.829. The van der Waals surface area contributed by atoms with Crippen molar-refractivity contribution in [2.24, 2.45) is 0 Å². The van der Waals surface area contributed by atoms with Crippen molar-refractivity contribution in [3.05, 3.63) is 24.2 Å². The molecule has 0 bridgehead atoms. The van der Waals surface area contributed by atoms with Crippen LogP contribution in [0.15, 0.2) is 23.0 Å². The molecule has 1 aromatic heterocycles. The van der Waals surface area contributed by atoms with Gasteiger partial charge in [-0.3, -0.25) is 9.69 Å². The summed E-state index contributed by atoms with van der Waals surface area (Å²) in [7, 11) is 0. The molecule has 4 heterocycles. The molecule has 0 N–H and O–H groups in total. The predicted molar refractivity (Wildman–Crippen MR) is 94.6 cm³/mol. The largest absolute Gasteiger partial charge is 0.472 e. The molecule has 0 spiro atoms. The van der Waals surface area contributed by atoms with Crippen LogP contribution in [-0.2, 0) is 4.74 Å². The molecule has 0 aromatic carbocycles. The fourth-order valence-electron chi connectivity index (χ4n) is 4.49. The van der Waals surface area contributed by atoms with Gasteiger partial charge in [0.25, 0.3) is 5.91 Å². The van der Waals surface area contributed by atoms with E-state index < -0.39 is 0 Å². The fourth-order valence-corrected chi connectivity index (χ4v) is 4.49. The maximum atomic E-state index is 12.6. The average molecular weight is 347 g/mol. The standard InChI is InChI=1S/C19H29N3O3/c23-19(16-5-13-24-15-16)22-8-3-17-18(4-9-22)25-14-12-21(17)11-10-20-6-1-2-7-20/h5,13,15,17-18H,1-4,6-12,14H2/t17-,18-/m0/s1. The number of ether oxygens (including phenoxy) is 1. The van der Waals surface area contributed by atoms with Crippen molar-refractivity contribution in [2.45, 2.75) is 37.8 Å². The van der Waals surface area contributed by atoms with Crippen molar-refractivity contribution in [1.82, 2.24) is 14.7 Å². The lowest BCUT2D eigenvalue weighted by atomic mass is 10.0. The van der Waals surface area contributed by atoms with Gasteiger partial charge in [-0.15, -0.1) is 0 Å². The highest BCUT2D eigenvalue weighted by molar-refractivity contribution is 5.93. The van der Waals surface area contributed by atoms with Gasteiger partial charge in [0, 0.05) is 38.8 Å². The lowest BCUT2D eigenvalue weighted by Gasteiger charge is -2.41. The number of morpholine rings is 1. The first kappa shape index (κ1) is 17.1. The van der Waals surface area contributed by atoms with Crippen molar-refractivity contribution in [3.63, 3.8) is 0 Å². The minimum atomic E-state index is 0.0796. The van der Waals surface area contributed by atoms with Crippen LogP contribution >= 0.6 is 0 Å². The molecule has 0 radical (unpaired) electrons. The molecule has 0 aliphatic carbocycles. The van der Waals surface area contributed by atoms with E-state index in [0.29, 0.717) is 11.6 Å². The molecular formula is C19H29N3O3. The van der Waals surface area contributed by atoms with Gasteiger partial charge in [-0.2, -0.15) is 0 Å². The molecule has 3 aliphatic rings. The summed E-state index contributed by atoms with van der Waals surface area (Å²) in [6.07, 6.45) is 7.98. The van der Waals surface area contributed by atoms with Crippen molar-refractivity contribution in [1.29, 1.82) is 0 Å². The summed E-state index contributed by atoms with van der Waals surface area (Å²) in [5.74, 6) is 0.0796. The first-order valence-corrected chi connectivity index (χ1v) is 9.71. The summed E-state index contributed by atoms with van der Waals surface area (Å²) in [6.45, 7) is 8.21. The van der Waals surface area contributed by atoms with Crippen molar-refractivity contribution >= 4 is 5.91 Å². The zero-order chi connectivity index (χ0) is 17.1. The van der Waals surface area contributed by atoms with Gasteiger partial charge in [-0.1, -0.05) is 0 Å². The molecule has 6 heteroatoms. The van der Waals surface area contributed by atoms with E-state index in [1.54, 1.807) is 18.6 Å². The number of likely N-dealkylation sites (tertiary alicyclic amines) is 2. The van der Waals surface area contributed by atoms with E-state index in [9.17, 15) is 4.79 Å². The number of furan rings is 1. The first-order chi connectivity index (χ1) is 12.3. The second-order valence-electron chi connectivity index (χ2n) is 7.44. The summed E-state index contributed by atoms with van der Waals surface area (Å²) in [6, 6.07) is 2.19. The van der Waals surface area contributed by atoms with Crippen LogP contribution in [0.3, 0.4) is 0 Å². The molecule has 138 valence electrons. The van der Waals surface area contributed by atoms with Gasteiger partial charge in [0.2, 0.25) is 0 Å². The molecule has 0 saturated carbocycles. The van der Waals surface area contributed by atoms with Crippen molar-refractivity contribution in [2.75, 3.05) is 52.4 Å². The third-order valence-corrected chi connectivity index (χ3v) is 5.94. The highest BCUT2D eigenvalue weighted by Gasteiger charge is 2.35. The van der Waals surface area contributed by atoms with Gasteiger partial charge in [0.1, 0.15) is 6.26 Å². The summed E-state index contributed by atoms with van der Waals surface area (Å²) < 4.78 is 11.1. The molecule has 3 aliphatic heterocycles. The maximum absolute atomic E-state index is 12.6. The smallest absolute Gasteiger partial charge is 0.257 e. The molecule has 1 aromatic rings. The third-order valence-electron chi connectivity index (χ3n) is 5.94. The Morgan fingerprint density at radius 2 is 1.92 bits per heavy atom. The van der Waals surface area contributed by atoms with Crippen LogP contribution in [0.2, 0.25) is 0 Å². The Balaban J connectivity index is 1.36. The summed E-state index contributed by atoms with van der Waals surface area (Å²) in [5, 5.41) is 0. The van der Waals surface area contributed by atoms with Gasteiger partial charge in [0.15, 0.2) is 0 Å². The summed E-state index contributed by atoms with van der Waals surface area (Å²) >= 11 is 0. The Bertz CT molecular complexity index is 556. The molecular weight excluding hydrogens is 318 g/mol. The highest BCUT2D eigenvalue weighted by Crippen LogP contribution is 2.25. The normalized spacial score (nSPS) is 28.7. The second kappa shape index (κ2) is 7.89. The molecule has 6 nitrogen and oxygen atoms in total. The SMILES string of the molecule is O=C(c1ccoc1)N1CC[C@@H]2OCCN(CCN3CCCC3)[C@H]2CC1. The number of hydrogen-bond donors (Lipinski definition) is 0. The third kappa shape index (κ3) is 3.91. The van der Waals surface area contributed by atoms with E-state index in [1.165, 1.54) is 32.5 Å². The van der Waals surface area contributed by atoms with Crippen molar-refractivity contribution < 1.29 is 13.9 Å². The number of carbonyl (C=O) groups is 1. The molecule has 2 atom stereocenters. The lowest BCUT2D eigenvalue weighted by molar-refractivity contribution is -0.0727. The number of rotatable bonds is 4. The Morgan fingerprint density at radius 3 is 2.72 bits per heavy atom. The van der Waals surface area contributed by atoms with E-state index in [-0.39, 0.29) is 12.0 Å². The van der Waals surface area contributed by atoms with Crippen LogP contribution in [-0.4, -0.2) is 85.2 Å². The Hall–Kier alpha value is -1.37. The van der Waals surface area contributed by atoms with Crippen LogP contribution < -0.4 is 0 Å². The molecule has 1 amide bonds. The van der Waals surface area contributed by atoms with Crippen LogP contribution in [0.5, 0.6) is 0 Å². The zero-order valence-electron chi connectivity index (χ0n) is 14.9. The minimum absolute atomic E-state index is 0.0796. The van der Waals surface area contributed by atoms with Crippen LogP contribution in [0.25, 0.3) is 0 Å². The molecule has 25 heavy (non-hydrogen) atoms. The number of nitrogens with zero attached hydrogens (tertiary/aromatic N) is 3. The van der Waals surface area contributed by atoms with Crippen LogP contribution in [0.4, 0.5) is 0 Å². The number of amides is 1. The van der Waals surface area contributed by atoms with E-state index >= 15 is 0 Å². The predicted octanol–water partition coefficient (Wildman–Crippen LogP) is 1.68. The van der Waals surface area contributed by atoms with E-state index in [4.69, 9.17) is 9.15 Å². The maximum Gasteiger partial charge on any atom is 0.257 e. The number of fused-ring (bicyclic) bond motifs is 1. The van der Waals surface area contributed by atoms with Gasteiger partial charge < -0.3 is 19.0 Å². The molecule has 4 rings (SSSR count). The zero-order valence-corrected chi connectivity index (χ0v) is 14.9. The average Bonchev–Trinajstić information content (AvgIpc) is 3.30. The van der Waals surface area contributed by atoms with Crippen LogP contribution in [0, 0.1) is 0 Å². The Labute approximate surface area is 149 Å². The van der Waals surface area contributed by atoms with Crippen molar-refractivity contribution in [3.8, 4) is 0 Å². The Morgan fingerprint density at radius 1 is 1.08 bits per heavy atom. The van der Waals surface area contributed by atoms with Gasteiger partial charge in [-0.05, 0) is 44.8 Å². The first-order valence-electron chi connectivity index (χ1n) is 9.71. The summed E-state index contributed by atoms with van der Waals surface area (Å²) in [4.78, 5) is 19.8. The minimum Gasteiger partial charge on any atom is -0.472 e. The fraction of sp³-hybridized carbons (Fsp3) is 0.737. The summed E-state index contributed by atoms with van der Waals surface area (Å²) in [5.41, 5.74) is 0.650. The van der Waals surface area contributed by atoms with Gasteiger partial charge in [0.05, 0.1) is 24.5 Å². The second-order valence-corrected chi connectivity index (χ2v) is 7.44. The van der Waals surface area contributed by atoms with E-state index in [0.717, 1.165) is 45.6 Å². The number of hydrogen-bond acceptors (Lipinski definition) is 5. The molecule has 3 saturated heterocycles. The van der Waals surface area contributed by atoms with Gasteiger partial charge in [-0.25, -0.2) is 0 Å². The lowest BCUT2D eigenvalue weighted by Crippen LogP contribution is -2.53. The van der Waals surface area contributed by atoms with E-state index in [2.05, 4.69) is 9.80 Å². The monoisotopic (exact) mass is 347 g/mol. The Kier molecular flexibility index (Phi) is 5.39. The molecule has 3 fully saturated rings. The highest BCUT2D eigenvalue weighted by atomic mass is 16.5. The number of carbonyl (C=O) groups excluding carboxylic acids is 1.